The van der Waals surface area contributed by atoms with E-state index < -0.39 is 0 Å². The normalized spacial score (nSPS) is 15.8. The molecule has 3 N–H and O–H groups in total. The first kappa shape index (κ1) is 35.9. The molecule has 1 fully saturated rings. The van der Waals surface area contributed by atoms with Crippen LogP contribution >= 0.6 is 11.3 Å². The molecule has 1 aliphatic heterocycles. The van der Waals surface area contributed by atoms with Gasteiger partial charge in [0.2, 0.25) is 5.91 Å². The first-order valence-electron chi connectivity index (χ1n) is 12.5. The van der Waals surface area contributed by atoms with Crippen molar-refractivity contribution in [2.45, 2.75) is 93.7 Å². The number of allylic oxidation sites excluding steroid dienone is 2. The molecule has 6 nitrogen and oxygen atoms in total. The van der Waals surface area contributed by atoms with E-state index in [0.29, 0.717) is 13.1 Å². The summed E-state index contributed by atoms with van der Waals surface area (Å²) in [5.74, 6) is 5.41. The number of thiazole rings is 1. The molecule has 0 bridgehead atoms. The van der Waals surface area contributed by atoms with Crippen molar-refractivity contribution in [2.75, 3.05) is 20.1 Å². The van der Waals surface area contributed by atoms with Crippen LogP contribution in [0.4, 0.5) is 0 Å². The molecule has 2 atom stereocenters. The van der Waals surface area contributed by atoms with Crippen molar-refractivity contribution in [1.29, 1.82) is 0 Å². The van der Waals surface area contributed by atoms with Crippen LogP contribution < -0.4 is 11.1 Å². The second-order valence-electron chi connectivity index (χ2n) is 9.72. The van der Waals surface area contributed by atoms with E-state index in [1.165, 1.54) is 10.5 Å². The number of rotatable bonds is 5. The predicted molar refractivity (Wildman–Crippen MR) is 157 cm³/mol. The molecule has 1 amide bonds. The van der Waals surface area contributed by atoms with E-state index in [1.807, 2.05) is 54.0 Å². The number of hydrogen-bond acceptors (Lipinski definition) is 6. The highest BCUT2D eigenvalue weighted by atomic mass is 32.1. The fourth-order valence-electron chi connectivity index (χ4n) is 3.28. The number of likely N-dealkylation sites (tertiary alicyclic amines) is 1. The van der Waals surface area contributed by atoms with E-state index in [1.54, 1.807) is 23.3 Å². The molecule has 36 heavy (non-hydrogen) atoms. The predicted octanol–water partition coefficient (Wildman–Crippen LogP) is 5.63. The van der Waals surface area contributed by atoms with Gasteiger partial charge < -0.3 is 20.7 Å². The number of likely N-dealkylation sites (N-methyl/N-ethyl adjacent to an activating group) is 1. The number of piperidine rings is 1. The van der Waals surface area contributed by atoms with Crippen molar-refractivity contribution in [3.8, 4) is 11.8 Å². The summed E-state index contributed by atoms with van der Waals surface area (Å²) >= 11 is 1.70. The van der Waals surface area contributed by atoms with Crippen LogP contribution in [-0.4, -0.2) is 54.3 Å². The van der Waals surface area contributed by atoms with Crippen LogP contribution in [0.2, 0.25) is 0 Å². The second-order valence-corrected chi connectivity index (χ2v) is 10.6. The highest BCUT2D eigenvalue weighted by Gasteiger charge is 2.36. The van der Waals surface area contributed by atoms with Crippen molar-refractivity contribution in [2.24, 2.45) is 11.1 Å². The van der Waals surface area contributed by atoms with Crippen LogP contribution in [0.1, 0.15) is 85.2 Å². The van der Waals surface area contributed by atoms with Crippen LogP contribution in [-0.2, 0) is 9.59 Å². The number of nitrogens with zero attached hydrogens (tertiary/aromatic N) is 2. The van der Waals surface area contributed by atoms with Crippen molar-refractivity contribution in [1.82, 2.24) is 15.2 Å². The minimum atomic E-state index is -0.233. The number of hydrogen-bond donors (Lipinski definition) is 2. The quantitative estimate of drug-likeness (QED) is 0.300. The number of carbonyl (C=O) groups is 2. The van der Waals surface area contributed by atoms with Gasteiger partial charge in [0.25, 0.3) is 0 Å². The number of nitrogens with one attached hydrogen (secondary N) is 1. The maximum Gasteiger partial charge on any atom is 0.240 e. The fraction of sp³-hybridized carbons (Fsp3) is 0.621. The summed E-state index contributed by atoms with van der Waals surface area (Å²) in [5, 5.41) is 3.08. The second kappa shape index (κ2) is 19.9. The first-order valence-corrected chi connectivity index (χ1v) is 13.4. The first-order chi connectivity index (χ1) is 16.9. The van der Waals surface area contributed by atoms with Gasteiger partial charge in [0, 0.05) is 13.1 Å². The van der Waals surface area contributed by atoms with Gasteiger partial charge in [-0.2, -0.15) is 0 Å². The smallest absolute Gasteiger partial charge is 0.240 e. The van der Waals surface area contributed by atoms with Crippen LogP contribution in [0.15, 0.2) is 23.7 Å². The molecular weight excluding hydrogens is 468 g/mol. The molecule has 1 saturated heterocycles. The molecule has 1 aliphatic rings. The molecule has 0 aliphatic carbocycles. The number of aldehydes is 1. The number of amides is 1. The Morgan fingerprint density at radius 3 is 2.22 bits per heavy atom. The van der Waals surface area contributed by atoms with Gasteiger partial charge in [0.05, 0.1) is 28.2 Å². The molecule has 204 valence electrons. The topological polar surface area (TPSA) is 88.3 Å². The Balaban J connectivity index is 0. The molecule has 0 radical (unpaired) electrons. The summed E-state index contributed by atoms with van der Waals surface area (Å²) in [7, 11) is 1.80. The maximum absolute atomic E-state index is 12.4. The summed E-state index contributed by atoms with van der Waals surface area (Å²) in [5.41, 5.74) is 10.3. The van der Waals surface area contributed by atoms with E-state index in [9.17, 15) is 9.59 Å². The van der Waals surface area contributed by atoms with Gasteiger partial charge in [0.15, 0.2) is 0 Å². The van der Waals surface area contributed by atoms with Crippen molar-refractivity contribution < 1.29 is 9.59 Å². The summed E-state index contributed by atoms with van der Waals surface area (Å²) in [6.45, 7) is 22.7. The summed E-state index contributed by atoms with van der Waals surface area (Å²) in [6.07, 6.45) is 5.85. The van der Waals surface area contributed by atoms with Gasteiger partial charge in [-0.1, -0.05) is 39.0 Å². The molecule has 7 heteroatoms. The zero-order valence-corrected chi connectivity index (χ0v) is 25.1. The van der Waals surface area contributed by atoms with Gasteiger partial charge in [-0.3, -0.25) is 4.79 Å². The van der Waals surface area contributed by atoms with E-state index in [0.717, 1.165) is 36.8 Å². The molecule has 2 rings (SSSR count). The Kier molecular flexibility index (Phi) is 19.8. The summed E-state index contributed by atoms with van der Waals surface area (Å²) in [4.78, 5) is 30.7. The van der Waals surface area contributed by atoms with Gasteiger partial charge in [-0.05, 0) is 78.8 Å². The van der Waals surface area contributed by atoms with Gasteiger partial charge >= 0.3 is 0 Å². The maximum atomic E-state index is 12.4. The van der Waals surface area contributed by atoms with Gasteiger partial charge in [-0.25, -0.2) is 4.98 Å². The Morgan fingerprint density at radius 2 is 1.89 bits per heavy atom. The lowest BCUT2D eigenvalue weighted by molar-refractivity contribution is -0.142. The van der Waals surface area contributed by atoms with E-state index in [2.05, 4.69) is 48.6 Å². The largest absolute Gasteiger partial charge is 0.332 e. The molecule has 2 heterocycles. The average Bonchev–Trinajstić information content (AvgIpc) is 3.29. The number of carbonyl (C=O) groups excluding carboxylic acids is 2. The van der Waals surface area contributed by atoms with Crippen LogP contribution in [0, 0.1) is 24.2 Å². The highest BCUT2D eigenvalue weighted by molar-refractivity contribution is 7.10. The van der Waals surface area contributed by atoms with Gasteiger partial charge in [-0.15, -0.1) is 23.2 Å². The zero-order chi connectivity index (χ0) is 28.3. The van der Waals surface area contributed by atoms with Crippen LogP contribution in [0.25, 0.3) is 5.57 Å². The Hall–Kier alpha value is -2.27. The third-order valence-electron chi connectivity index (χ3n) is 5.53. The molecule has 0 spiro atoms. The molecule has 0 saturated carbocycles. The van der Waals surface area contributed by atoms with E-state index in [4.69, 9.17) is 5.73 Å². The monoisotopic (exact) mass is 518 g/mol. The van der Waals surface area contributed by atoms with Crippen molar-refractivity contribution in [3.05, 3.63) is 34.3 Å². The lowest BCUT2D eigenvalue weighted by Gasteiger charge is -2.38. The lowest BCUT2D eigenvalue weighted by Crippen LogP contribution is -2.56. The number of nitrogens with two attached hydrogens (primary N) is 1. The molecule has 1 aromatic rings. The Labute approximate surface area is 224 Å². The fourth-order valence-corrected chi connectivity index (χ4v) is 4.12. The number of aromatic nitrogens is 1. The van der Waals surface area contributed by atoms with Crippen molar-refractivity contribution >= 4 is 29.1 Å². The molecule has 1 aromatic heterocycles. The molecular formula is C29H50N4O2S. The Bertz CT molecular complexity index is 866. The van der Waals surface area contributed by atoms with Crippen molar-refractivity contribution in [3.63, 3.8) is 0 Å². The Morgan fingerprint density at radius 1 is 1.33 bits per heavy atom. The van der Waals surface area contributed by atoms with Crippen LogP contribution in [0.5, 0.6) is 0 Å². The molecule has 0 aromatic carbocycles. The third-order valence-corrected chi connectivity index (χ3v) is 6.59. The minimum absolute atomic E-state index is 0.0526. The lowest BCUT2D eigenvalue weighted by atomic mass is 9.85. The van der Waals surface area contributed by atoms with Crippen LogP contribution in [0.3, 0.4) is 0 Å². The van der Waals surface area contributed by atoms with E-state index in [-0.39, 0.29) is 23.4 Å². The third kappa shape index (κ3) is 14.3. The standard InChI is InChI=1S/C13H24N2O2.C8H11NS.C4H9N.C4H6/c1-13(2,3)11(14-4)12(17)15-8-6-5-7-10(15)9-16;1-4-6(2)8-7(3)9-5-10-8;1-4(2)3-5;1-3-4-2/h9-11,14H,5-8H2,1-4H3;4-5H,1-3H3;1,3,5H2,2H3;1-2H3/b;6-4+;;/t10-,11+;;;/m0.../s1. The minimum Gasteiger partial charge on any atom is -0.332 e. The zero-order valence-electron chi connectivity index (χ0n) is 24.3. The summed E-state index contributed by atoms with van der Waals surface area (Å²) in [6, 6.07) is -0.461. The highest BCUT2D eigenvalue weighted by Crippen LogP contribution is 2.24. The van der Waals surface area contributed by atoms with E-state index >= 15 is 0 Å². The molecule has 0 unspecified atom stereocenters. The SMILES string of the molecule is C/C=C(\C)c1scnc1C.C=C(C)CN.CC#CC.CN[C@H](C(=O)N1CCCC[C@H]1C=O)C(C)(C)C. The summed E-state index contributed by atoms with van der Waals surface area (Å²) < 4.78 is 0. The van der Waals surface area contributed by atoms with Gasteiger partial charge in [0.1, 0.15) is 6.29 Å². The average molecular weight is 519 g/mol. The number of aryl methyl sites for hydroxylation is 1.